The van der Waals surface area contributed by atoms with Gasteiger partial charge in [0.15, 0.2) is 0 Å². The molecular weight excluding hydrogens is 402 g/mol. The van der Waals surface area contributed by atoms with Gasteiger partial charge in [0, 0.05) is 12.5 Å². The van der Waals surface area contributed by atoms with Crippen LogP contribution in [0.3, 0.4) is 0 Å². The highest BCUT2D eigenvalue weighted by Crippen LogP contribution is 2.68. The third kappa shape index (κ3) is 4.06. The lowest BCUT2D eigenvalue weighted by atomic mass is 9.44. The summed E-state index contributed by atoms with van der Waals surface area (Å²) in [6.45, 7) is 9.68. The van der Waals surface area contributed by atoms with E-state index in [1.165, 1.54) is 32.1 Å². The van der Waals surface area contributed by atoms with Crippen LogP contribution < -0.4 is 0 Å². The normalized spacial score (nSPS) is 45.7. The fourth-order valence-electron chi connectivity index (χ4n) is 8.95. The van der Waals surface area contributed by atoms with Gasteiger partial charge in [0.1, 0.15) is 11.4 Å². The fourth-order valence-corrected chi connectivity index (χ4v) is 8.95. The van der Waals surface area contributed by atoms with Crippen molar-refractivity contribution in [2.75, 3.05) is 26.7 Å². The highest BCUT2D eigenvalue weighted by molar-refractivity contribution is 5.79. The van der Waals surface area contributed by atoms with Gasteiger partial charge in [0.05, 0.1) is 13.2 Å². The summed E-state index contributed by atoms with van der Waals surface area (Å²) in [6, 6.07) is 0. The Hall–Kier alpha value is -0.940. The van der Waals surface area contributed by atoms with Crippen LogP contribution in [0.4, 0.5) is 0 Å². The Bertz CT molecular complexity index is 739. The van der Waals surface area contributed by atoms with Crippen LogP contribution in [-0.2, 0) is 14.3 Å². The molecule has 4 fully saturated rings. The maximum atomic E-state index is 12.5. The van der Waals surface area contributed by atoms with Crippen molar-refractivity contribution >= 4 is 11.8 Å². The lowest BCUT2D eigenvalue weighted by molar-refractivity contribution is -0.181. The first kappa shape index (κ1) is 24.2. The number of nitrogens with zero attached hydrogens (tertiary/aromatic N) is 1. The summed E-state index contributed by atoms with van der Waals surface area (Å²) < 4.78 is 6.05. The molecule has 0 aromatic rings. The Kier molecular flexibility index (Phi) is 6.57. The SMILES string of the molecule is CC(=O)[C@H]1CC[C@H]2[C@@H]3CC[C@H]4C[C@](C)(OC(=O)CN(C)CCO)CC[C@]4(C)[C@H]3CC[C@]12C. The van der Waals surface area contributed by atoms with E-state index < -0.39 is 0 Å². The predicted molar refractivity (Wildman–Crippen MR) is 125 cm³/mol. The molecule has 8 atom stereocenters. The quantitative estimate of drug-likeness (QED) is 0.609. The number of likely N-dealkylation sites (N-methyl/N-ethyl adjacent to an activating group) is 1. The van der Waals surface area contributed by atoms with E-state index in [1.807, 2.05) is 18.9 Å². The lowest BCUT2D eigenvalue weighted by Gasteiger charge is -2.62. The molecule has 32 heavy (non-hydrogen) atoms. The molecule has 4 aliphatic carbocycles. The van der Waals surface area contributed by atoms with Crippen LogP contribution in [0.2, 0.25) is 0 Å². The van der Waals surface area contributed by atoms with Gasteiger partial charge < -0.3 is 9.84 Å². The zero-order valence-corrected chi connectivity index (χ0v) is 21.0. The van der Waals surface area contributed by atoms with Crippen molar-refractivity contribution < 1.29 is 19.4 Å². The minimum Gasteiger partial charge on any atom is -0.458 e. The number of Topliss-reactive ketones (excluding diaryl/α,β-unsaturated/α-hetero) is 1. The van der Waals surface area contributed by atoms with E-state index in [2.05, 4.69) is 20.8 Å². The van der Waals surface area contributed by atoms with Crippen LogP contribution in [0.1, 0.15) is 85.5 Å². The van der Waals surface area contributed by atoms with Gasteiger partial charge in [-0.25, -0.2) is 0 Å². The van der Waals surface area contributed by atoms with E-state index in [0.29, 0.717) is 29.6 Å². The van der Waals surface area contributed by atoms with Crippen LogP contribution in [0.5, 0.6) is 0 Å². The van der Waals surface area contributed by atoms with E-state index >= 15 is 0 Å². The molecule has 0 aromatic carbocycles. The van der Waals surface area contributed by atoms with Crippen molar-refractivity contribution in [2.24, 2.45) is 40.4 Å². The van der Waals surface area contributed by atoms with Gasteiger partial charge in [0.2, 0.25) is 0 Å². The van der Waals surface area contributed by atoms with Gasteiger partial charge in [-0.05, 0) is 113 Å². The molecule has 0 saturated heterocycles. The maximum absolute atomic E-state index is 12.5. The molecule has 4 aliphatic rings. The van der Waals surface area contributed by atoms with E-state index in [1.54, 1.807) is 0 Å². The molecular formula is C27H45NO4. The summed E-state index contributed by atoms with van der Waals surface area (Å²) in [5.41, 5.74) is 0.179. The molecule has 4 saturated carbocycles. The minimum absolute atomic E-state index is 0.0528. The number of carbonyl (C=O) groups is 2. The van der Waals surface area contributed by atoms with E-state index in [9.17, 15) is 9.59 Å². The first-order valence-electron chi connectivity index (χ1n) is 13.0. The summed E-state index contributed by atoms with van der Waals surface area (Å²) in [6.07, 6.45) is 10.3. The number of ketones is 1. The van der Waals surface area contributed by atoms with Crippen LogP contribution >= 0.6 is 0 Å². The Labute approximate surface area is 194 Å². The summed E-state index contributed by atoms with van der Waals surface area (Å²) in [5, 5.41) is 9.08. The molecule has 0 radical (unpaired) electrons. The molecule has 5 nitrogen and oxygen atoms in total. The standard InChI is InChI=1S/C27H45NO4/c1-18(30)21-8-9-22-20-7-6-19-16-25(2,32-24(31)17-28(5)14-15-29)12-13-26(19,3)23(20)10-11-27(21,22)4/h19-23,29H,6-17H2,1-5H3/t19-,20-,21+,22-,23-,25+,26-,27+/m0/s1. The van der Waals surface area contributed by atoms with Gasteiger partial charge in [-0.1, -0.05) is 13.8 Å². The van der Waals surface area contributed by atoms with Crippen LogP contribution in [0.15, 0.2) is 0 Å². The molecule has 182 valence electrons. The monoisotopic (exact) mass is 447 g/mol. The number of rotatable bonds is 6. The van der Waals surface area contributed by atoms with Crippen molar-refractivity contribution in [3.05, 3.63) is 0 Å². The third-order valence-electron chi connectivity index (χ3n) is 10.7. The number of esters is 1. The lowest BCUT2D eigenvalue weighted by Crippen LogP contribution is -2.56. The molecule has 0 aromatic heterocycles. The Balaban J connectivity index is 1.44. The summed E-state index contributed by atoms with van der Waals surface area (Å²) in [7, 11) is 1.84. The fraction of sp³-hybridized carbons (Fsp3) is 0.926. The molecule has 0 spiro atoms. The Morgan fingerprint density at radius 1 is 0.969 bits per heavy atom. The van der Waals surface area contributed by atoms with Crippen LogP contribution in [0, 0.1) is 40.4 Å². The van der Waals surface area contributed by atoms with Gasteiger partial charge in [-0.15, -0.1) is 0 Å². The highest BCUT2D eigenvalue weighted by atomic mass is 16.6. The first-order chi connectivity index (χ1) is 15.0. The van der Waals surface area contributed by atoms with Crippen molar-refractivity contribution in [1.29, 1.82) is 0 Å². The van der Waals surface area contributed by atoms with E-state index in [4.69, 9.17) is 9.84 Å². The number of aliphatic hydroxyl groups excluding tert-OH is 1. The van der Waals surface area contributed by atoms with E-state index in [-0.39, 0.29) is 36.1 Å². The van der Waals surface area contributed by atoms with Gasteiger partial charge >= 0.3 is 5.97 Å². The van der Waals surface area contributed by atoms with Crippen molar-refractivity contribution in [3.63, 3.8) is 0 Å². The first-order valence-corrected chi connectivity index (χ1v) is 13.0. The molecule has 5 heteroatoms. The highest BCUT2D eigenvalue weighted by Gasteiger charge is 2.61. The smallest absolute Gasteiger partial charge is 0.320 e. The summed E-state index contributed by atoms with van der Waals surface area (Å²) in [5.74, 6) is 3.35. The Morgan fingerprint density at radius 2 is 1.69 bits per heavy atom. The van der Waals surface area contributed by atoms with Crippen LogP contribution in [0.25, 0.3) is 0 Å². The van der Waals surface area contributed by atoms with Gasteiger partial charge in [0.25, 0.3) is 0 Å². The molecule has 0 aliphatic heterocycles. The molecule has 4 rings (SSSR count). The van der Waals surface area contributed by atoms with Crippen LogP contribution in [-0.4, -0.2) is 54.1 Å². The molecule has 1 N–H and O–H groups in total. The maximum Gasteiger partial charge on any atom is 0.320 e. The zero-order chi connectivity index (χ0) is 23.3. The predicted octanol–water partition coefficient (Wildman–Crippen LogP) is 4.46. The minimum atomic E-state index is -0.371. The number of hydrogen-bond donors (Lipinski definition) is 1. The molecule has 0 bridgehead atoms. The number of ether oxygens (including phenoxy) is 1. The third-order valence-corrected chi connectivity index (χ3v) is 10.7. The second-order valence-corrected chi connectivity index (χ2v) is 12.5. The molecule has 0 unspecified atom stereocenters. The van der Waals surface area contributed by atoms with Crippen molar-refractivity contribution in [1.82, 2.24) is 4.90 Å². The van der Waals surface area contributed by atoms with Crippen molar-refractivity contribution in [3.8, 4) is 0 Å². The van der Waals surface area contributed by atoms with Gasteiger partial charge in [-0.2, -0.15) is 0 Å². The average Bonchev–Trinajstić information content (AvgIpc) is 3.06. The van der Waals surface area contributed by atoms with Gasteiger partial charge in [-0.3, -0.25) is 14.5 Å². The Morgan fingerprint density at radius 3 is 2.38 bits per heavy atom. The summed E-state index contributed by atoms with van der Waals surface area (Å²) >= 11 is 0. The second kappa shape index (κ2) is 8.69. The summed E-state index contributed by atoms with van der Waals surface area (Å²) in [4.78, 5) is 26.7. The zero-order valence-electron chi connectivity index (χ0n) is 21.0. The number of fused-ring (bicyclic) bond motifs is 5. The van der Waals surface area contributed by atoms with Crippen molar-refractivity contribution in [2.45, 2.75) is 91.1 Å². The van der Waals surface area contributed by atoms with E-state index in [0.717, 1.165) is 37.5 Å². The second-order valence-electron chi connectivity index (χ2n) is 12.5. The number of hydrogen-bond acceptors (Lipinski definition) is 5. The largest absolute Gasteiger partial charge is 0.458 e. The number of aliphatic hydroxyl groups is 1. The molecule has 0 amide bonds. The topological polar surface area (TPSA) is 66.8 Å². The number of carbonyl (C=O) groups excluding carboxylic acids is 2. The average molecular weight is 448 g/mol. The molecule has 0 heterocycles.